The molecular formula is C14H16F3NOS. The number of nitriles is 1. The minimum atomic E-state index is -4.53. The summed E-state index contributed by atoms with van der Waals surface area (Å²) < 4.78 is 43.8. The molecule has 0 fully saturated rings. The molecule has 1 unspecified atom stereocenters. The molecule has 0 bridgehead atoms. The summed E-state index contributed by atoms with van der Waals surface area (Å²) in [5.41, 5.74) is -0.938. The average molecular weight is 303 g/mol. The van der Waals surface area contributed by atoms with Crippen molar-refractivity contribution >= 4 is 12.6 Å². The van der Waals surface area contributed by atoms with Crippen LogP contribution >= 0.6 is 12.6 Å². The van der Waals surface area contributed by atoms with Gasteiger partial charge in [0, 0.05) is 0 Å². The van der Waals surface area contributed by atoms with E-state index in [1.807, 2.05) is 6.92 Å². The van der Waals surface area contributed by atoms with Crippen molar-refractivity contribution in [3.8, 4) is 11.8 Å². The zero-order valence-electron chi connectivity index (χ0n) is 11.1. The molecule has 0 aromatic heterocycles. The minimum absolute atomic E-state index is 0.0342. The van der Waals surface area contributed by atoms with Gasteiger partial charge in [0.1, 0.15) is 5.75 Å². The van der Waals surface area contributed by atoms with Crippen LogP contribution in [0.1, 0.15) is 30.9 Å². The summed E-state index contributed by atoms with van der Waals surface area (Å²) in [4.78, 5) is 0. The van der Waals surface area contributed by atoms with Crippen molar-refractivity contribution < 1.29 is 17.9 Å². The normalized spacial score (nSPS) is 12.8. The summed E-state index contributed by atoms with van der Waals surface area (Å²) >= 11 is 4.11. The summed E-state index contributed by atoms with van der Waals surface area (Å²) in [6.45, 7) is 2.22. The van der Waals surface area contributed by atoms with E-state index in [2.05, 4.69) is 12.6 Å². The van der Waals surface area contributed by atoms with Gasteiger partial charge >= 0.3 is 6.18 Å². The number of thiol groups is 1. The highest BCUT2D eigenvalue weighted by Crippen LogP contribution is 2.36. The first-order valence-corrected chi connectivity index (χ1v) is 6.86. The van der Waals surface area contributed by atoms with Crippen molar-refractivity contribution in [3.63, 3.8) is 0 Å². The van der Waals surface area contributed by atoms with Crippen molar-refractivity contribution in [2.45, 2.75) is 25.9 Å². The van der Waals surface area contributed by atoms with Crippen LogP contribution in [0.4, 0.5) is 13.2 Å². The second kappa shape index (κ2) is 7.44. The van der Waals surface area contributed by atoms with Gasteiger partial charge in [-0.15, -0.1) is 0 Å². The predicted octanol–water partition coefficient (Wildman–Crippen LogP) is 4.30. The van der Waals surface area contributed by atoms with Crippen LogP contribution in [0.5, 0.6) is 5.75 Å². The quantitative estimate of drug-likeness (QED) is 0.795. The van der Waals surface area contributed by atoms with Crippen LogP contribution in [0.25, 0.3) is 0 Å². The molecule has 0 spiro atoms. The Morgan fingerprint density at radius 2 is 2.05 bits per heavy atom. The topological polar surface area (TPSA) is 33.0 Å². The zero-order valence-corrected chi connectivity index (χ0v) is 12.0. The average Bonchev–Trinajstić information content (AvgIpc) is 2.38. The molecule has 0 radical (unpaired) electrons. The van der Waals surface area contributed by atoms with Gasteiger partial charge in [0.25, 0.3) is 0 Å². The molecule has 1 rings (SSSR count). The number of nitrogens with zero attached hydrogens (tertiary/aromatic N) is 1. The van der Waals surface area contributed by atoms with E-state index in [0.717, 1.165) is 18.2 Å². The third kappa shape index (κ3) is 4.97. The van der Waals surface area contributed by atoms with Gasteiger partial charge < -0.3 is 4.74 Å². The van der Waals surface area contributed by atoms with E-state index in [1.165, 1.54) is 12.1 Å². The Morgan fingerprint density at radius 1 is 1.35 bits per heavy atom. The Labute approximate surface area is 122 Å². The first-order valence-electron chi connectivity index (χ1n) is 6.23. The largest absolute Gasteiger partial charge is 0.493 e. The third-order valence-electron chi connectivity index (χ3n) is 2.90. The van der Waals surface area contributed by atoms with E-state index in [-0.39, 0.29) is 17.9 Å². The molecule has 1 aromatic rings. The molecule has 20 heavy (non-hydrogen) atoms. The van der Waals surface area contributed by atoms with Crippen molar-refractivity contribution in [2.24, 2.45) is 5.92 Å². The molecule has 0 aliphatic rings. The van der Waals surface area contributed by atoms with Gasteiger partial charge in [0.05, 0.1) is 23.8 Å². The fourth-order valence-electron chi connectivity index (χ4n) is 1.68. The highest BCUT2D eigenvalue weighted by atomic mass is 32.1. The third-order valence-corrected chi connectivity index (χ3v) is 3.16. The maximum Gasteiger partial charge on any atom is 0.420 e. The summed E-state index contributed by atoms with van der Waals surface area (Å²) in [7, 11) is 0. The molecule has 0 aliphatic carbocycles. The van der Waals surface area contributed by atoms with Gasteiger partial charge in [-0.25, -0.2) is 0 Å². The Morgan fingerprint density at radius 3 is 2.60 bits per heavy atom. The summed E-state index contributed by atoms with van der Waals surface area (Å²) in [6.07, 6.45) is -2.97. The van der Waals surface area contributed by atoms with Gasteiger partial charge in [-0.05, 0) is 42.7 Å². The van der Waals surface area contributed by atoms with Crippen LogP contribution in [0, 0.1) is 17.2 Å². The molecule has 0 saturated heterocycles. The van der Waals surface area contributed by atoms with Crippen LogP contribution in [0.15, 0.2) is 18.2 Å². The molecule has 0 heterocycles. The number of benzene rings is 1. The maximum absolute atomic E-state index is 12.9. The van der Waals surface area contributed by atoms with Crippen molar-refractivity contribution in [3.05, 3.63) is 29.3 Å². The fourth-order valence-corrected chi connectivity index (χ4v) is 2.12. The van der Waals surface area contributed by atoms with Gasteiger partial charge in [0.15, 0.2) is 0 Å². The lowest BCUT2D eigenvalue weighted by atomic mass is 10.1. The lowest BCUT2D eigenvalue weighted by molar-refractivity contribution is -0.139. The van der Waals surface area contributed by atoms with E-state index in [9.17, 15) is 13.2 Å². The lowest BCUT2D eigenvalue weighted by Crippen LogP contribution is -2.11. The number of halogens is 3. The van der Waals surface area contributed by atoms with Crippen LogP contribution in [-0.2, 0) is 6.18 Å². The van der Waals surface area contributed by atoms with E-state index in [4.69, 9.17) is 10.00 Å². The molecule has 2 nitrogen and oxygen atoms in total. The first kappa shape index (κ1) is 16.7. The molecule has 0 saturated carbocycles. The second-order valence-electron chi connectivity index (χ2n) is 4.58. The molecule has 1 aromatic carbocycles. The smallest absolute Gasteiger partial charge is 0.420 e. The van der Waals surface area contributed by atoms with Gasteiger partial charge in [-0.1, -0.05) is 6.92 Å². The molecular weight excluding hydrogens is 287 g/mol. The molecule has 6 heteroatoms. The van der Waals surface area contributed by atoms with Crippen molar-refractivity contribution in [2.75, 3.05) is 12.4 Å². The Balaban J connectivity index is 2.77. The van der Waals surface area contributed by atoms with Crippen LogP contribution in [-0.4, -0.2) is 12.4 Å². The maximum atomic E-state index is 12.9. The number of ether oxygens (including phenoxy) is 1. The number of hydrogen-bond acceptors (Lipinski definition) is 3. The minimum Gasteiger partial charge on any atom is -0.493 e. The molecule has 110 valence electrons. The predicted molar refractivity (Wildman–Crippen MR) is 73.9 cm³/mol. The Kier molecular flexibility index (Phi) is 6.21. The highest BCUT2D eigenvalue weighted by molar-refractivity contribution is 7.80. The summed E-state index contributed by atoms with van der Waals surface area (Å²) in [5.74, 6) is 0.862. The van der Waals surface area contributed by atoms with Gasteiger partial charge in [-0.2, -0.15) is 31.1 Å². The van der Waals surface area contributed by atoms with E-state index in [1.54, 1.807) is 6.07 Å². The SMILES string of the molecule is CC(CCS)CCOc1ccc(C#N)cc1C(F)(F)F. The molecule has 0 N–H and O–H groups in total. The lowest BCUT2D eigenvalue weighted by Gasteiger charge is -2.15. The number of rotatable bonds is 6. The number of hydrogen-bond donors (Lipinski definition) is 1. The Hall–Kier alpha value is -1.35. The molecule has 1 atom stereocenters. The molecule has 0 amide bonds. The van der Waals surface area contributed by atoms with E-state index in [0.29, 0.717) is 12.3 Å². The van der Waals surface area contributed by atoms with E-state index >= 15 is 0 Å². The summed E-state index contributed by atoms with van der Waals surface area (Å²) in [6, 6.07) is 5.03. The van der Waals surface area contributed by atoms with Crippen LogP contribution < -0.4 is 4.74 Å². The molecule has 0 aliphatic heterocycles. The van der Waals surface area contributed by atoms with Gasteiger partial charge in [0.2, 0.25) is 0 Å². The van der Waals surface area contributed by atoms with Crippen LogP contribution in [0.3, 0.4) is 0 Å². The highest BCUT2D eigenvalue weighted by Gasteiger charge is 2.34. The fraction of sp³-hybridized carbons (Fsp3) is 0.500. The zero-order chi connectivity index (χ0) is 15.2. The monoisotopic (exact) mass is 303 g/mol. The summed E-state index contributed by atoms with van der Waals surface area (Å²) in [5, 5.41) is 8.66. The Bertz CT molecular complexity index is 482. The van der Waals surface area contributed by atoms with E-state index < -0.39 is 11.7 Å². The number of alkyl halides is 3. The van der Waals surface area contributed by atoms with Gasteiger partial charge in [-0.3, -0.25) is 0 Å². The standard InChI is InChI=1S/C14H16F3NOS/c1-10(5-7-20)4-6-19-13-3-2-11(9-18)8-12(13)14(15,16)17/h2-3,8,10,20H,4-7H2,1H3. The van der Waals surface area contributed by atoms with Crippen molar-refractivity contribution in [1.29, 1.82) is 5.26 Å². The van der Waals surface area contributed by atoms with Crippen molar-refractivity contribution in [1.82, 2.24) is 0 Å². The van der Waals surface area contributed by atoms with Crippen LogP contribution in [0.2, 0.25) is 0 Å². The second-order valence-corrected chi connectivity index (χ2v) is 5.02. The first-order chi connectivity index (χ1) is 9.38.